The first-order valence-electron chi connectivity index (χ1n) is 9.79. The minimum atomic E-state index is -0.623. The van der Waals surface area contributed by atoms with Crippen LogP contribution in [-0.4, -0.2) is 43.2 Å². The molecule has 0 N–H and O–H groups in total. The fraction of sp³-hybridized carbons (Fsp3) is 0.600. The Bertz CT molecular complexity index is 662. The van der Waals surface area contributed by atoms with Crippen LogP contribution in [0.15, 0.2) is 18.2 Å². The molecule has 0 atom stereocenters. The van der Waals surface area contributed by atoms with Crippen LogP contribution in [0, 0.1) is 10.1 Å². The van der Waals surface area contributed by atoms with Crippen LogP contribution >= 0.6 is 0 Å². The summed E-state index contributed by atoms with van der Waals surface area (Å²) in [6.45, 7) is 6.48. The van der Waals surface area contributed by atoms with E-state index in [0.717, 1.165) is 25.7 Å². The Morgan fingerprint density at radius 3 is 2.46 bits per heavy atom. The summed E-state index contributed by atoms with van der Waals surface area (Å²) < 4.78 is 10.5. The SMILES string of the molecule is CCCCCCOCC(=O)N(CCC)c1cc([N+](=O)[O-])ccc1C(=O)OCC. The lowest BCUT2D eigenvalue weighted by molar-refractivity contribution is -0.384. The lowest BCUT2D eigenvalue weighted by Gasteiger charge is -2.24. The monoisotopic (exact) mass is 394 g/mol. The zero-order chi connectivity index (χ0) is 20.9. The zero-order valence-electron chi connectivity index (χ0n) is 16.9. The minimum absolute atomic E-state index is 0.122. The third-order valence-electron chi connectivity index (χ3n) is 4.09. The van der Waals surface area contributed by atoms with Gasteiger partial charge in [0, 0.05) is 25.3 Å². The van der Waals surface area contributed by atoms with Gasteiger partial charge in [0.05, 0.1) is 22.8 Å². The van der Waals surface area contributed by atoms with Crippen LogP contribution in [0.1, 0.15) is 63.2 Å². The number of carbonyl (C=O) groups excluding carboxylic acids is 2. The van der Waals surface area contributed by atoms with Crippen molar-refractivity contribution >= 4 is 23.3 Å². The van der Waals surface area contributed by atoms with Gasteiger partial charge in [0.25, 0.3) is 11.6 Å². The third-order valence-corrected chi connectivity index (χ3v) is 4.09. The van der Waals surface area contributed by atoms with Crippen LogP contribution in [0.5, 0.6) is 0 Å². The topological polar surface area (TPSA) is 99.0 Å². The van der Waals surface area contributed by atoms with Gasteiger partial charge in [-0.1, -0.05) is 33.1 Å². The number of anilines is 1. The number of nitrogens with zero attached hydrogens (tertiary/aromatic N) is 2. The molecule has 0 heterocycles. The Morgan fingerprint density at radius 2 is 1.86 bits per heavy atom. The van der Waals surface area contributed by atoms with E-state index < -0.39 is 10.9 Å². The second-order valence-electron chi connectivity index (χ2n) is 6.34. The molecule has 0 fully saturated rings. The minimum Gasteiger partial charge on any atom is -0.462 e. The summed E-state index contributed by atoms with van der Waals surface area (Å²) in [5.74, 6) is -0.967. The first-order chi connectivity index (χ1) is 13.5. The van der Waals surface area contributed by atoms with Gasteiger partial charge in [-0.25, -0.2) is 4.79 Å². The van der Waals surface area contributed by atoms with E-state index in [-0.39, 0.29) is 36.1 Å². The van der Waals surface area contributed by atoms with Crippen LogP contribution in [-0.2, 0) is 14.3 Å². The third kappa shape index (κ3) is 7.26. The van der Waals surface area contributed by atoms with Gasteiger partial charge in [-0.3, -0.25) is 14.9 Å². The predicted molar refractivity (Wildman–Crippen MR) is 107 cm³/mol. The molecule has 1 aromatic rings. The highest BCUT2D eigenvalue weighted by molar-refractivity contribution is 6.03. The van der Waals surface area contributed by atoms with Gasteiger partial charge in [0.1, 0.15) is 6.61 Å². The van der Waals surface area contributed by atoms with Crippen molar-refractivity contribution in [3.05, 3.63) is 33.9 Å². The fourth-order valence-electron chi connectivity index (χ4n) is 2.71. The summed E-state index contributed by atoms with van der Waals surface area (Å²) in [5, 5.41) is 11.2. The van der Waals surface area contributed by atoms with E-state index in [1.165, 1.54) is 23.1 Å². The lowest BCUT2D eigenvalue weighted by Crippen LogP contribution is -2.36. The second kappa shape index (κ2) is 12.8. The molecular formula is C20H30N2O6. The molecular weight excluding hydrogens is 364 g/mol. The average molecular weight is 394 g/mol. The van der Waals surface area contributed by atoms with Crippen molar-refractivity contribution in [1.82, 2.24) is 0 Å². The van der Waals surface area contributed by atoms with Crippen LogP contribution in [0.3, 0.4) is 0 Å². The number of esters is 1. The number of hydrogen-bond acceptors (Lipinski definition) is 6. The maximum atomic E-state index is 12.7. The summed E-state index contributed by atoms with van der Waals surface area (Å²) in [7, 11) is 0. The molecule has 156 valence electrons. The lowest BCUT2D eigenvalue weighted by atomic mass is 10.1. The molecule has 0 saturated heterocycles. The van der Waals surface area contributed by atoms with E-state index in [1.807, 2.05) is 6.92 Å². The fourth-order valence-corrected chi connectivity index (χ4v) is 2.71. The Kier molecular flexibility index (Phi) is 10.8. The number of ether oxygens (including phenoxy) is 2. The van der Waals surface area contributed by atoms with Crippen LogP contribution in [0.2, 0.25) is 0 Å². The van der Waals surface area contributed by atoms with Crippen molar-refractivity contribution in [3.63, 3.8) is 0 Å². The molecule has 0 aliphatic rings. The summed E-state index contributed by atoms with van der Waals surface area (Å²) in [6, 6.07) is 3.79. The Morgan fingerprint density at radius 1 is 1.11 bits per heavy atom. The Labute approximate surface area is 166 Å². The largest absolute Gasteiger partial charge is 0.462 e. The number of nitro benzene ring substituents is 1. The van der Waals surface area contributed by atoms with Crippen molar-refractivity contribution in [3.8, 4) is 0 Å². The number of amides is 1. The van der Waals surface area contributed by atoms with Crippen molar-refractivity contribution < 1.29 is 24.0 Å². The van der Waals surface area contributed by atoms with Gasteiger partial charge in [-0.05, 0) is 25.8 Å². The Balaban J connectivity index is 3.02. The molecule has 1 rings (SSSR count). The molecule has 28 heavy (non-hydrogen) atoms. The number of non-ortho nitro benzene ring substituents is 1. The van der Waals surface area contributed by atoms with Crippen molar-refractivity contribution in [2.75, 3.05) is 31.3 Å². The van der Waals surface area contributed by atoms with Crippen LogP contribution in [0.25, 0.3) is 0 Å². The smallest absolute Gasteiger partial charge is 0.340 e. The predicted octanol–water partition coefficient (Wildman–Crippen LogP) is 4.11. The van der Waals surface area contributed by atoms with E-state index in [2.05, 4.69) is 6.92 Å². The van der Waals surface area contributed by atoms with E-state index in [9.17, 15) is 19.7 Å². The number of nitro groups is 1. The number of unbranched alkanes of at least 4 members (excludes halogenated alkanes) is 3. The van der Waals surface area contributed by atoms with Gasteiger partial charge < -0.3 is 14.4 Å². The van der Waals surface area contributed by atoms with E-state index >= 15 is 0 Å². The van der Waals surface area contributed by atoms with Crippen LogP contribution < -0.4 is 4.90 Å². The summed E-state index contributed by atoms with van der Waals surface area (Å²) >= 11 is 0. The van der Waals surface area contributed by atoms with Crippen molar-refractivity contribution in [1.29, 1.82) is 0 Å². The molecule has 1 amide bonds. The first kappa shape index (κ1) is 23.6. The zero-order valence-corrected chi connectivity index (χ0v) is 16.9. The second-order valence-corrected chi connectivity index (χ2v) is 6.34. The van der Waals surface area contributed by atoms with Gasteiger partial charge >= 0.3 is 5.97 Å². The molecule has 0 aliphatic carbocycles. The van der Waals surface area contributed by atoms with E-state index in [0.29, 0.717) is 19.6 Å². The van der Waals surface area contributed by atoms with E-state index in [1.54, 1.807) is 6.92 Å². The number of hydrogen-bond donors (Lipinski definition) is 0. The molecule has 8 nitrogen and oxygen atoms in total. The van der Waals surface area contributed by atoms with Crippen molar-refractivity contribution in [2.45, 2.75) is 52.9 Å². The Hall–Kier alpha value is -2.48. The quantitative estimate of drug-likeness (QED) is 0.216. The highest BCUT2D eigenvalue weighted by atomic mass is 16.6. The van der Waals surface area contributed by atoms with Crippen LogP contribution in [0.4, 0.5) is 11.4 Å². The molecule has 0 aliphatic heterocycles. The molecule has 0 saturated carbocycles. The number of carbonyl (C=O) groups is 2. The van der Waals surface area contributed by atoms with Gasteiger partial charge in [-0.15, -0.1) is 0 Å². The van der Waals surface area contributed by atoms with Gasteiger partial charge in [0.2, 0.25) is 0 Å². The number of rotatable bonds is 13. The first-order valence-corrected chi connectivity index (χ1v) is 9.79. The summed E-state index contributed by atoms with van der Waals surface area (Å²) in [5.41, 5.74) is 0.101. The molecule has 0 bridgehead atoms. The van der Waals surface area contributed by atoms with Gasteiger partial charge in [-0.2, -0.15) is 0 Å². The highest BCUT2D eigenvalue weighted by Gasteiger charge is 2.25. The molecule has 8 heteroatoms. The molecule has 0 spiro atoms. The molecule has 0 aromatic heterocycles. The molecule has 0 radical (unpaired) electrons. The normalized spacial score (nSPS) is 10.5. The maximum absolute atomic E-state index is 12.7. The molecule has 1 aromatic carbocycles. The maximum Gasteiger partial charge on any atom is 0.340 e. The van der Waals surface area contributed by atoms with Gasteiger partial charge in [0.15, 0.2) is 0 Å². The number of benzene rings is 1. The summed E-state index contributed by atoms with van der Waals surface area (Å²) in [4.78, 5) is 37.0. The highest BCUT2D eigenvalue weighted by Crippen LogP contribution is 2.27. The van der Waals surface area contributed by atoms with Crippen molar-refractivity contribution in [2.24, 2.45) is 0 Å². The molecule has 0 unspecified atom stereocenters. The average Bonchev–Trinajstić information content (AvgIpc) is 2.68. The standard InChI is InChI=1S/C20H30N2O6/c1-4-7-8-9-13-27-15-19(23)21(12-5-2)18-14-16(22(25)26)10-11-17(18)20(24)28-6-3/h10-11,14H,4-9,12-13,15H2,1-3H3. The summed E-state index contributed by atoms with van der Waals surface area (Å²) in [6.07, 6.45) is 4.77. The van der Waals surface area contributed by atoms with E-state index in [4.69, 9.17) is 9.47 Å².